The number of piperidine rings is 1. The van der Waals surface area contributed by atoms with Gasteiger partial charge in [0.05, 0.1) is 37.0 Å². The highest BCUT2D eigenvalue weighted by Crippen LogP contribution is 2.46. The number of carbonyl (C=O) groups is 5. The largest absolute Gasteiger partial charge is 0.495 e. The number of aryl methyl sites for hydroxylation is 1. The normalized spacial score (nSPS) is 22.1. The number of carbonyl (C=O) groups excluding carboxylic acids is 5. The number of anilines is 2. The molecule has 15 nitrogen and oxygen atoms in total. The van der Waals surface area contributed by atoms with Gasteiger partial charge in [0.1, 0.15) is 17.4 Å². The molecule has 8 heterocycles. The van der Waals surface area contributed by atoms with Crippen molar-refractivity contribution in [2.45, 2.75) is 103 Å². The van der Waals surface area contributed by atoms with E-state index in [1.54, 1.807) is 42.0 Å². The van der Waals surface area contributed by atoms with Crippen LogP contribution in [0.5, 0.6) is 5.75 Å². The zero-order chi connectivity index (χ0) is 44.8. The number of pyridine rings is 1. The van der Waals surface area contributed by atoms with Crippen molar-refractivity contribution in [3.63, 3.8) is 0 Å². The molecule has 1 unspecified atom stereocenters. The highest BCUT2D eigenvalue weighted by molar-refractivity contribution is 6.23. The molecule has 0 bridgehead atoms. The molecule has 1 saturated carbocycles. The third kappa shape index (κ3) is 6.96. The number of ether oxygens (including phenoxy) is 1. The van der Waals surface area contributed by atoms with Crippen LogP contribution in [0.4, 0.5) is 20.3 Å². The second-order valence-electron chi connectivity index (χ2n) is 18.4. The minimum absolute atomic E-state index is 0.0111. The van der Waals surface area contributed by atoms with E-state index >= 15 is 8.78 Å². The van der Waals surface area contributed by atoms with Crippen LogP contribution >= 0.6 is 0 Å². The molecule has 0 radical (unpaired) electrons. The lowest BCUT2D eigenvalue weighted by Gasteiger charge is -2.33. The quantitative estimate of drug-likeness (QED) is 0.176. The minimum Gasteiger partial charge on any atom is -0.495 e. The van der Waals surface area contributed by atoms with Crippen LogP contribution in [0.15, 0.2) is 48.9 Å². The van der Waals surface area contributed by atoms with Gasteiger partial charge < -0.3 is 18.9 Å². The molecule has 1 saturated heterocycles. The number of amides is 5. The summed E-state index contributed by atoms with van der Waals surface area (Å²) in [6.45, 7) is 5.37. The van der Waals surface area contributed by atoms with Crippen molar-refractivity contribution in [3.8, 4) is 16.9 Å². The van der Waals surface area contributed by atoms with Gasteiger partial charge >= 0.3 is 0 Å². The van der Waals surface area contributed by atoms with Gasteiger partial charge in [-0.25, -0.2) is 13.8 Å². The van der Waals surface area contributed by atoms with Gasteiger partial charge in [-0.05, 0) is 103 Å². The van der Waals surface area contributed by atoms with Crippen molar-refractivity contribution in [2.24, 2.45) is 5.92 Å². The lowest BCUT2D eigenvalue weighted by atomic mass is 9.85. The maximum Gasteiger partial charge on any atom is 0.264 e. The Balaban J connectivity index is 0.820. The van der Waals surface area contributed by atoms with Gasteiger partial charge in [0.2, 0.25) is 17.7 Å². The number of imidazole rings is 1. The Kier molecular flexibility index (Phi) is 10.1. The van der Waals surface area contributed by atoms with Crippen LogP contribution in [0, 0.1) is 5.92 Å². The molecule has 5 amide bonds. The number of fused-ring (bicyclic) bond motifs is 5. The van der Waals surface area contributed by atoms with Gasteiger partial charge in [-0.1, -0.05) is 0 Å². The zero-order valence-electron chi connectivity index (χ0n) is 36.3. The fourth-order valence-corrected chi connectivity index (χ4v) is 11.3. The first-order chi connectivity index (χ1) is 31.4. The van der Waals surface area contributed by atoms with Crippen molar-refractivity contribution in [3.05, 3.63) is 93.6 Å². The lowest BCUT2D eigenvalue weighted by Crippen LogP contribution is -2.54. The average molecular weight is 886 g/mol. The second-order valence-corrected chi connectivity index (χ2v) is 18.4. The Bertz CT molecular complexity index is 2800. The number of nitrogens with zero attached hydrogens (tertiary/aromatic N) is 8. The van der Waals surface area contributed by atoms with Gasteiger partial charge in [-0.2, -0.15) is 5.10 Å². The summed E-state index contributed by atoms with van der Waals surface area (Å²) in [4.78, 5) is 75.7. The monoisotopic (exact) mass is 885 g/mol. The molecule has 5 aliphatic heterocycles. The number of nitrogens with one attached hydrogen (secondary N) is 1. The van der Waals surface area contributed by atoms with E-state index in [1.165, 1.54) is 7.11 Å². The molecule has 5 aromatic rings. The lowest BCUT2D eigenvalue weighted by molar-refractivity contribution is -0.136. The highest BCUT2D eigenvalue weighted by Gasteiger charge is 2.46. The van der Waals surface area contributed by atoms with E-state index in [4.69, 9.17) is 9.84 Å². The fraction of sp³-hybridized carbons (Fsp3) is 0.438. The number of hydrogen-bond acceptors (Lipinski definition) is 10. The number of imide groups is 2. The molecule has 1 atom stereocenters. The molecule has 65 heavy (non-hydrogen) atoms. The molecule has 336 valence electrons. The zero-order valence-corrected chi connectivity index (χ0v) is 36.3. The first kappa shape index (κ1) is 41.2. The van der Waals surface area contributed by atoms with Crippen LogP contribution in [-0.2, 0) is 46.9 Å². The number of halogens is 2. The van der Waals surface area contributed by atoms with E-state index in [9.17, 15) is 24.0 Å². The maximum atomic E-state index is 15.2. The molecule has 2 aromatic carbocycles. The summed E-state index contributed by atoms with van der Waals surface area (Å²) in [5.74, 6) is -0.375. The number of benzene rings is 2. The number of methoxy groups -OCH3 is 1. The Morgan fingerprint density at radius 2 is 1.60 bits per heavy atom. The minimum atomic E-state index is -2.75. The predicted octanol–water partition coefficient (Wildman–Crippen LogP) is 6.28. The Morgan fingerprint density at radius 1 is 0.862 bits per heavy atom. The van der Waals surface area contributed by atoms with Gasteiger partial charge in [0.25, 0.3) is 18.2 Å². The van der Waals surface area contributed by atoms with E-state index < -0.39 is 36.1 Å². The van der Waals surface area contributed by atoms with Crippen molar-refractivity contribution >= 4 is 46.7 Å². The topological polar surface area (TPSA) is 155 Å². The Morgan fingerprint density at radius 3 is 2.29 bits per heavy atom. The van der Waals surface area contributed by atoms with Crippen LogP contribution in [0.1, 0.15) is 119 Å². The van der Waals surface area contributed by atoms with Crippen molar-refractivity contribution in [1.82, 2.24) is 39.2 Å². The molecule has 17 heteroatoms. The third-order valence-corrected chi connectivity index (χ3v) is 14.6. The fourth-order valence-electron chi connectivity index (χ4n) is 11.3. The highest BCUT2D eigenvalue weighted by atomic mass is 19.3. The standard InChI is InChI=1S/C48H49F2N9O6/c1-26(60)55-14-11-38-37(24-55)45(57-13-3-4-28-16-32(34(44(49)50)19-40(28)57)33-20-42-51-12-15-56(42)25-41(33)65-2)53-59(38)31-7-5-27(6-8-31)21-54-22-29-17-35-36(18-30(29)23-54)48(64)58(47(35)63)39-9-10-43(61)52-46(39)62/h12,15-20,25,27,31,39,44H,3-11,13-14,21-24H2,1-2H3,(H,52,61,62). The summed E-state index contributed by atoms with van der Waals surface area (Å²) in [7, 11) is 1.54. The van der Waals surface area contributed by atoms with Gasteiger partial charge in [0, 0.05) is 93.0 Å². The van der Waals surface area contributed by atoms with Crippen molar-refractivity contribution in [2.75, 3.05) is 31.6 Å². The Labute approximate surface area is 373 Å². The SMILES string of the molecule is COc1cn2ccnc2cc1-c1cc2c(cc1C(F)F)N(c1nn(C3CCC(CN4Cc5cc6c(cc5C4)C(=O)N(C4CCC(=O)NC4=O)C6=O)CC3)c3c1CN(C(C)=O)CC3)CCC2. The molecular weight excluding hydrogens is 837 g/mol. The van der Waals surface area contributed by atoms with Crippen LogP contribution < -0.4 is 15.0 Å². The van der Waals surface area contributed by atoms with Crippen LogP contribution in [0.3, 0.4) is 0 Å². The maximum absolute atomic E-state index is 15.2. The van der Waals surface area contributed by atoms with E-state index in [0.717, 1.165) is 77.3 Å². The summed E-state index contributed by atoms with van der Waals surface area (Å²) in [6, 6.07) is 8.08. The van der Waals surface area contributed by atoms with E-state index in [2.05, 4.69) is 24.8 Å². The molecule has 1 aliphatic carbocycles. The van der Waals surface area contributed by atoms with Crippen molar-refractivity contribution in [1.29, 1.82) is 0 Å². The number of aromatic nitrogens is 4. The molecule has 0 spiro atoms. The summed E-state index contributed by atoms with van der Waals surface area (Å²) >= 11 is 0. The molecule has 1 N–H and O–H groups in total. The molecular formula is C48H49F2N9O6. The smallest absolute Gasteiger partial charge is 0.264 e. The van der Waals surface area contributed by atoms with Crippen LogP contribution in [0.25, 0.3) is 16.8 Å². The van der Waals surface area contributed by atoms with Gasteiger partial charge in [0.15, 0.2) is 5.82 Å². The van der Waals surface area contributed by atoms with Crippen LogP contribution in [-0.4, -0.2) is 96.2 Å². The summed E-state index contributed by atoms with van der Waals surface area (Å²) < 4.78 is 40.0. The molecule has 3 aromatic heterocycles. The predicted molar refractivity (Wildman–Crippen MR) is 233 cm³/mol. The second kappa shape index (κ2) is 15.9. The summed E-state index contributed by atoms with van der Waals surface area (Å²) in [5.41, 5.74) is 7.90. The Hall–Kier alpha value is -6.49. The number of hydrogen-bond donors (Lipinski definition) is 1. The molecule has 11 rings (SSSR count). The molecule has 2 fully saturated rings. The van der Waals surface area contributed by atoms with Crippen LogP contribution in [0.2, 0.25) is 0 Å². The third-order valence-electron chi connectivity index (χ3n) is 14.6. The first-order valence-corrected chi connectivity index (χ1v) is 22.6. The van der Waals surface area contributed by atoms with E-state index in [-0.39, 0.29) is 30.4 Å². The van der Waals surface area contributed by atoms with Crippen molar-refractivity contribution < 1.29 is 37.5 Å². The number of alkyl halides is 2. The van der Waals surface area contributed by atoms with E-state index in [0.29, 0.717) is 90.8 Å². The summed E-state index contributed by atoms with van der Waals surface area (Å²) in [6.07, 6.45) is 8.63. The van der Waals surface area contributed by atoms with E-state index in [1.807, 2.05) is 23.1 Å². The summed E-state index contributed by atoms with van der Waals surface area (Å²) in [5, 5.41) is 7.62. The number of rotatable bonds is 8. The average Bonchev–Trinajstić information content (AvgIpc) is 4.08. The van der Waals surface area contributed by atoms with Gasteiger partial charge in [-0.15, -0.1) is 0 Å². The molecule has 6 aliphatic rings. The first-order valence-electron chi connectivity index (χ1n) is 22.6. The van der Waals surface area contributed by atoms with Gasteiger partial charge in [-0.3, -0.25) is 43.8 Å².